The minimum Gasteiger partial charge on any atom is -0.491 e. The molecule has 0 rings (SSSR count). The van der Waals surface area contributed by atoms with Crippen LogP contribution in [0.1, 0.15) is 47.0 Å². The van der Waals surface area contributed by atoms with Gasteiger partial charge in [0, 0.05) is 0 Å². The van der Waals surface area contributed by atoms with Gasteiger partial charge in [-0.25, -0.2) is 4.39 Å². The molecule has 0 heterocycles. The Bertz CT molecular complexity index is 343. The van der Waals surface area contributed by atoms with Crippen LogP contribution >= 0.6 is 0 Å². The minimum absolute atomic E-state index is 0.0906. The van der Waals surface area contributed by atoms with Crippen molar-refractivity contribution in [1.82, 2.24) is 0 Å². The third-order valence-electron chi connectivity index (χ3n) is 2.97. The zero-order valence-electron chi connectivity index (χ0n) is 12.6. The maximum atomic E-state index is 13.9. The third kappa shape index (κ3) is 6.55. The predicted molar refractivity (Wildman–Crippen MR) is 77.0 cm³/mol. The SMILES string of the molecule is C=C(OCCC)/C(F)=C(/F)C(=C)C(C)CCC(C)C. The van der Waals surface area contributed by atoms with E-state index in [-0.39, 0.29) is 17.3 Å². The summed E-state index contributed by atoms with van der Waals surface area (Å²) in [7, 11) is 0. The molecule has 0 aliphatic heterocycles. The van der Waals surface area contributed by atoms with E-state index in [4.69, 9.17) is 4.74 Å². The van der Waals surface area contributed by atoms with Crippen molar-refractivity contribution in [2.24, 2.45) is 11.8 Å². The predicted octanol–water partition coefficient (Wildman–Crippen LogP) is 5.71. The van der Waals surface area contributed by atoms with Crippen molar-refractivity contribution < 1.29 is 13.5 Å². The van der Waals surface area contributed by atoms with Crippen LogP contribution in [-0.2, 0) is 4.74 Å². The highest BCUT2D eigenvalue weighted by molar-refractivity contribution is 5.33. The summed E-state index contributed by atoms with van der Waals surface area (Å²) in [5, 5.41) is 0. The second-order valence-electron chi connectivity index (χ2n) is 5.30. The lowest BCUT2D eigenvalue weighted by Crippen LogP contribution is -2.04. The summed E-state index contributed by atoms with van der Waals surface area (Å²) in [4.78, 5) is 0. The van der Waals surface area contributed by atoms with Crippen molar-refractivity contribution >= 4 is 0 Å². The molecule has 0 aliphatic rings. The van der Waals surface area contributed by atoms with E-state index in [2.05, 4.69) is 27.0 Å². The Morgan fingerprint density at radius 2 is 1.63 bits per heavy atom. The maximum Gasteiger partial charge on any atom is 0.200 e. The quantitative estimate of drug-likeness (QED) is 0.386. The number of hydrogen-bond donors (Lipinski definition) is 0. The fourth-order valence-electron chi connectivity index (χ4n) is 1.53. The van der Waals surface area contributed by atoms with E-state index in [1.54, 1.807) is 0 Å². The number of allylic oxidation sites excluding steroid dienone is 3. The highest BCUT2D eigenvalue weighted by Crippen LogP contribution is 2.29. The largest absolute Gasteiger partial charge is 0.491 e. The summed E-state index contributed by atoms with van der Waals surface area (Å²) < 4.78 is 32.6. The van der Waals surface area contributed by atoms with Crippen LogP contribution in [-0.4, -0.2) is 6.61 Å². The van der Waals surface area contributed by atoms with E-state index in [1.807, 2.05) is 13.8 Å². The smallest absolute Gasteiger partial charge is 0.200 e. The summed E-state index contributed by atoms with van der Waals surface area (Å²) in [6.07, 6.45) is 2.47. The van der Waals surface area contributed by atoms with Crippen LogP contribution in [0.25, 0.3) is 0 Å². The summed E-state index contributed by atoms with van der Waals surface area (Å²) in [5.41, 5.74) is 0.180. The molecule has 0 fully saturated rings. The lowest BCUT2D eigenvalue weighted by Gasteiger charge is -2.15. The van der Waals surface area contributed by atoms with Gasteiger partial charge in [0.1, 0.15) is 0 Å². The molecule has 110 valence electrons. The Labute approximate surface area is 116 Å². The fourth-order valence-corrected chi connectivity index (χ4v) is 1.53. The van der Waals surface area contributed by atoms with Crippen LogP contribution in [0.5, 0.6) is 0 Å². The van der Waals surface area contributed by atoms with Crippen LogP contribution in [0.15, 0.2) is 36.1 Å². The Balaban J connectivity index is 4.63. The molecule has 0 amide bonds. The first-order valence-electron chi connectivity index (χ1n) is 6.87. The van der Waals surface area contributed by atoms with Gasteiger partial charge in [0.05, 0.1) is 6.61 Å². The second-order valence-corrected chi connectivity index (χ2v) is 5.30. The number of rotatable bonds is 9. The topological polar surface area (TPSA) is 9.23 Å². The second kappa shape index (κ2) is 8.89. The van der Waals surface area contributed by atoms with Gasteiger partial charge in [-0.1, -0.05) is 47.3 Å². The molecule has 0 aliphatic carbocycles. The van der Waals surface area contributed by atoms with Gasteiger partial charge in [-0.05, 0) is 30.3 Å². The van der Waals surface area contributed by atoms with Gasteiger partial charge >= 0.3 is 0 Å². The van der Waals surface area contributed by atoms with Gasteiger partial charge in [0.2, 0.25) is 0 Å². The van der Waals surface area contributed by atoms with Crippen molar-refractivity contribution in [3.8, 4) is 0 Å². The molecule has 1 atom stereocenters. The molecule has 0 spiro atoms. The van der Waals surface area contributed by atoms with Crippen molar-refractivity contribution in [2.45, 2.75) is 47.0 Å². The van der Waals surface area contributed by atoms with Crippen molar-refractivity contribution in [3.05, 3.63) is 36.1 Å². The van der Waals surface area contributed by atoms with E-state index >= 15 is 0 Å². The van der Waals surface area contributed by atoms with E-state index in [9.17, 15) is 8.78 Å². The first-order chi connectivity index (χ1) is 8.81. The Morgan fingerprint density at radius 3 is 2.11 bits per heavy atom. The first kappa shape index (κ1) is 17.9. The zero-order valence-corrected chi connectivity index (χ0v) is 12.6. The van der Waals surface area contributed by atoms with Gasteiger partial charge in [-0.3, -0.25) is 0 Å². The molecule has 0 N–H and O–H groups in total. The lowest BCUT2D eigenvalue weighted by molar-refractivity contribution is 0.208. The molecule has 1 nitrogen and oxygen atoms in total. The maximum absolute atomic E-state index is 13.9. The molecule has 0 radical (unpaired) electrons. The van der Waals surface area contributed by atoms with Gasteiger partial charge in [-0.2, -0.15) is 4.39 Å². The lowest BCUT2D eigenvalue weighted by atomic mass is 9.92. The average Bonchev–Trinajstić information content (AvgIpc) is 2.39. The van der Waals surface area contributed by atoms with Gasteiger partial charge < -0.3 is 4.74 Å². The van der Waals surface area contributed by atoms with Crippen LogP contribution in [0, 0.1) is 11.8 Å². The van der Waals surface area contributed by atoms with Crippen molar-refractivity contribution in [2.75, 3.05) is 6.61 Å². The molecular formula is C16H26F2O. The Morgan fingerprint density at radius 1 is 1.05 bits per heavy atom. The first-order valence-corrected chi connectivity index (χ1v) is 6.87. The highest BCUT2D eigenvalue weighted by Gasteiger charge is 2.18. The van der Waals surface area contributed by atoms with Gasteiger partial charge in [-0.15, -0.1) is 0 Å². The molecule has 0 saturated heterocycles. The molecule has 19 heavy (non-hydrogen) atoms. The third-order valence-corrected chi connectivity index (χ3v) is 2.97. The van der Waals surface area contributed by atoms with E-state index in [0.29, 0.717) is 12.5 Å². The standard InChI is InChI=1S/C16H26F2O/c1-7-10-19-14(6)16(18)15(17)13(5)12(4)9-8-11(2)3/h11-12H,5-10H2,1-4H3/b16-15-. The van der Waals surface area contributed by atoms with Gasteiger partial charge in [0.15, 0.2) is 17.4 Å². The van der Waals surface area contributed by atoms with Crippen LogP contribution in [0.3, 0.4) is 0 Å². The van der Waals surface area contributed by atoms with Crippen LogP contribution in [0.4, 0.5) is 8.78 Å². The summed E-state index contributed by atoms with van der Waals surface area (Å²) in [6, 6.07) is 0. The summed E-state index contributed by atoms with van der Waals surface area (Å²) in [6.45, 7) is 15.3. The van der Waals surface area contributed by atoms with Gasteiger partial charge in [0.25, 0.3) is 0 Å². The molecule has 0 saturated carbocycles. The number of hydrogen-bond acceptors (Lipinski definition) is 1. The molecule has 0 aromatic carbocycles. The number of halogens is 2. The summed E-state index contributed by atoms with van der Waals surface area (Å²) in [5.74, 6) is -1.77. The van der Waals surface area contributed by atoms with Crippen molar-refractivity contribution in [1.29, 1.82) is 0 Å². The van der Waals surface area contributed by atoms with E-state index in [1.165, 1.54) is 0 Å². The average molecular weight is 272 g/mol. The van der Waals surface area contributed by atoms with E-state index in [0.717, 1.165) is 19.3 Å². The molecular weight excluding hydrogens is 246 g/mol. The molecule has 0 aromatic rings. The fraction of sp³-hybridized carbons (Fsp3) is 0.625. The molecule has 0 bridgehead atoms. The molecule has 0 aromatic heterocycles. The molecule has 1 unspecified atom stereocenters. The molecule has 3 heteroatoms. The van der Waals surface area contributed by atoms with Crippen LogP contribution in [0.2, 0.25) is 0 Å². The zero-order chi connectivity index (χ0) is 15.0. The van der Waals surface area contributed by atoms with Crippen LogP contribution < -0.4 is 0 Å². The Hall–Kier alpha value is -1.12. The van der Waals surface area contributed by atoms with Crippen molar-refractivity contribution in [3.63, 3.8) is 0 Å². The summed E-state index contributed by atoms with van der Waals surface area (Å²) >= 11 is 0. The monoisotopic (exact) mass is 272 g/mol. The van der Waals surface area contributed by atoms with E-state index < -0.39 is 11.7 Å². The highest BCUT2D eigenvalue weighted by atomic mass is 19.2. The normalized spacial score (nSPS) is 14.1. The number of ether oxygens (including phenoxy) is 1. The Kier molecular flexibility index (Phi) is 8.37. The minimum atomic E-state index is -1.03.